The van der Waals surface area contributed by atoms with Crippen LogP contribution in [0, 0.1) is 0 Å². The summed E-state index contributed by atoms with van der Waals surface area (Å²) in [6.45, 7) is 14.1. The molecule has 0 saturated heterocycles. The summed E-state index contributed by atoms with van der Waals surface area (Å²) in [7, 11) is 0. The van der Waals surface area contributed by atoms with Gasteiger partial charge in [-0.05, 0) is 44.0 Å². The molecule has 0 fully saturated rings. The first-order chi connectivity index (χ1) is 11.4. The van der Waals surface area contributed by atoms with E-state index in [1.165, 1.54) is 0 Å². The molecule has 1 unspecified atom stereocenters. The van der Waals surface area contributed by atoms with Gasteiger partial charge in [0.05, 0.1) is 0 Å². The van der Waals surface area contributed by atoms with E-state index in [4.69, 9.17) is 4.74 Å². The Hall–Kier alpha value is -2.07. The molecule has 1 rings (SSSR count). The van der Waals surface area contributed by atoms with Crippen LogP contribution in [0.15, 0.2) is 36.9 Å². The van der Waals surface area contributed by atoms with Gasteiger partial charge in [0.25, 0.3) is 5.91 Å². The molecule has 1 aromatic carbocycles. The number of hydrogen-bond donors (Lipinski definition) is 2. The normalized spacial score (nSPS) is 11.7. The van der Waals surface area contributed by atoms with Gasteiger partial charge in [0.15, 0.2) is 0 Å². The van der Waals surface area contributed by atoms with E-state index < -0.39 is 0 Å². The molecule has 132 valence electrons. The Morgan fingerprint density at radius 2 is 1.88 bits per heavy atom. The molecule has 1 atom stereocenters. The van der Waals surface area contributed by atoms with Crippen LogP contribution in [0.2, 0.25) is 0 Å². The quantitative estimate of drug-likeness (QED) is 0.638. The number of hydrogen-bond acceptors (Lipinski definition) is 3. The fraction of sp³-hybridized carbons (Fsp3) is 0.450. The summed E-state index contributed by atoms with van der Waals surface area (Å²) in [6, 6.07) is 5.43. The molecule has 0 aliphatic carbocycles. The minimum atomic E-state index is -0.167. The minimum Gasteiger partial charge on any atom is -0.490 e. The van der Waals surface area contributed by atoms with E-state index in [2.05, 4.69) is 25.4 Å². The highest BCUT2D eigenvalue weighted by Crippen LogP contribution is 2.24. The van der Waals surface area contributed by atoms with Crippen molar-refractivity contribution in [1.29, 1.82) is 0 Å². The van der Waals surface area contributed by atoms with Gasteiger partial charge in [-0.15, -0.1) is 0 Å². The lowest BCUT2D eigenvalue weighted by molar-refractivity contribution is 0.0955. The molecule has 0 saturated carbocycles. The predicted molar refractivity (Wildman–Crippen MR) is 99.3 cm³/mol. The fourth-order valence-electron chi connectivity index (χ4n) is 2.30. The van der Waals surface area contributed by atoms with E-state index in [-0.39, 0.29) is 18.6 Å². The summed E-state index contributed by atoms with van der Waals surface area (Å²) in [4.78, 5) is 12.3. The maximum atomic E-state index is 12.3. The molecule has 0 radical (unpaired) electrons. The van der Waals surface area contributed by atoms with E-state index in [0.717, 1.165) is 29.6 Å². The Bertz CT molecular complexity index is 587. The molecular weight excluding hydrogens is 302 g/mol. The van der Waals surface area contributed by atoms with Crippen molar-refractivity contribution in [1.82, 2.24) is 5.32 Å². The van der Waals surface area contributed by atoms with E-state index in [1.807, 2.05) is 26.0 Å². The standard InChI is InChI=1S/C20H29NO3/c1-6-7-18(8-9-22)24-19-11-16(15(4)5)10-17(12-19)20(23)21-13-14(2)3/h10-12,18,22H,2,4,6-9,13H2,1,3,5H3,(H,21,23). The Labute approximate surface area is 145 Å². The number of carbonyl (C=O) groups excluding carboxylic acids is 1. The second-order valence-electron chi connectivity index (χ2n) is 6.21. The van der Waals surface area contributed by atoms with Gasteiger partial charge < -0.3 is 15.2 Å². The SMILES string of the molecule is C=C(C)CNC(=O)c1cc(OC(CCC)CCO)cc(C(=C)C)c1. The number of aliphatic hydroxyl groups is 1. The van der Waals surface area contributed by atoms with Gasteiger partial charge in [0, 0.05) is 25.1 Å². The molecule has 1 aromatic rings. The van der Waals surface area contributed by atoms with Crippen LogP contribution < -0.4 is 10.1 Å². The number of aliphatic hydroxyl groups excluding tert-OH is 1. The summed E-state index contributed by atoms with van der Waals surface area (Å²) in [5.41, 5.74) is 3.16. The number of carbonyl (C=O) groups is 1. The smallest absolute Gasteiger partial charge is 0.251 e. The van der Waals surface area contributed by atoms with Gasteiger partial charge in [-0.3, -0.25) is 4.79 Å². The van der Waals surface area contributed by atoms with Crippen molar-refractivity contribution in [2.45, 2.75) is 46.1 Å². The number of amides is 1. The highest BCUT2D eigenvalue weighted by molar-refractivity contribution is 5.95. The van der Waals surface area contributed by atoms with Crippen LogP contribution >= 0.6 is 0 Å². The van der Waals surface area contributed by atoms with E-state index in [1.54, 1.807) is 6.07 Å². The van der Waals surface area contributed by atoms with Crippen LogP contribution in [0.1, 0.15) is 56.0 Å². The molecule has 0 aliphatic heterocycles. The highest BCUT2D eigenvalue weighted by Gasteiger charge is 2.13. The molecule has 1 amide bonds. The zero-order valence-corrected chi connectivity index (χ0v) is 15.0. The van der Waals surface area contributed by atoms with Crippen molar-refractivity contribution in [2.24, 2.45) is 0 Å². The third-order valence-electron chi connectivity index (χ3n) is 3.58. The molecule has 2 N–H and O–H groups in total. The van der Waals surface area contributed by atoms with Crippen molar-refractivity contribution >= 4 is 11.5 Å². The number of ether oxygens (including phenoxy) is 1. The fourth-order valence-corrected chi connectivity index (χ4v) is 2.30. The molecule has 0 spiro atoms. The minimum absolute atomic E-state index is 0.0632. The average Bonchev–Trinajstić information content (AvgIpc) is 2.52. The van der Waals surface area contributed by atoms with Gasteiger partial charge in [-0.25, -0.2) is 0 Å². The van der Waals surface area contributed by atoms with Gasteiger partial charge in [-0.1, -0.05) is 37.6 Å². The molecule has 24 heavy (non-hydrogen) atoms. The monoisotopic (exact) mass is 331 g/mol. The maximum absolute atomic E-state index is 12.3. The molecule has 0 aliphatic rings. The largest absolute Gasteiger partial charge is 0.490 e. The Morgan fingerprint density at radius 1 is 1.21 bits per heavy atom. The van der Waals surface area contributed by atoms with E-state index >= 15 is 0 Å². The zero-order chi connectivity index (χ0) is 18.1. The zero-order valence-electron chi connectivity index (χ0n) is 15.0. The van der Waals surface area contributed by atoms with Crippen molar-refractivity contribution in [3.8, 4) is 5.75 Å². The van der Waals surface area contributed by atoms with Gasteiger partial charge in [0.2, 0.25) is 0 Å². The molecule has 4 heteroatoms. The maximum Gasteiger partial charge on any atom is 0.251 e. The molecule has 0 aromatic heterocycles. The van der Waals surface area contributed by atoms with Crippen molar-refractivity contribution in [3.05, 3.63) is 48.1 Å². The van der Waals surface area contributed by atoms with E-state index in [0.29, 0.717) is 24.3 Å². The van der Waals surface area contributed by atoms with Crippen LogP contribution in [0.5, 0.6) is 5.75 Å². The van der Waals surface area contributed by atoms with Gasteiger partial charge in [0.1, 0.15) is 11.9 Å². The van der Waals surface area contributed by atoms with Crippen LogP contribution in [-0.4, -0.2) is 30.3 Å². The first-order valence-electron chi connectivity index (χ1n) is 8.38. The lowest BCUT2D eigenvalue weighted by atomic mass is 10.0. The summed E-state index contributed by atoms with van der Waals surface area (Å²) in [5, 5.41) is 12.0. The second-order valence-corrected chi connectivity index (χ2v) is 6.21. The summed E-state index contributed by atoms with van der Waals surface area (Å²) >= 11 is 0. The number of nitrogens with one attached hydrogen (secondary N) is 1. The Kier molecular flexibility index (Phi) is 8.27. The van der Waals surface area contributed by atoms with Crippen LogP contribution in [0.4, 0.5) is 0 Å². The topological polar surface area (TPSA) is 58.6 Å². The van der Waals surface area contributed by atoms with Gasteiger partial charge >= 0.3 is 0 Å². The van der Waals surface area contributed by atoms with Crippen molar-refractivity contribution < 1.29 is 14.6 Å². The Morgan fingerprint density at radius 3 is 2.42 bits per heavy atom. The number of benzene rings is 1. The van der Waals surface area contributed by atoms with Crippen LogP contribution in [0.3, 0.4) is 0 Å². The molecule has 4 nitrogen and oxygen atoms in total. The van der Waals surface area contributed by atoms with Gasteiger partial charge in [-0.2, -0.15) is 0 Å². The summed E-state index contributed by atoms with van der Waals surface area (Å²) in [5.74, 6) is 0.461. The molecule has 0 bridgehead atoms. The lowest BCUT2D eigenvalue weighted by Gasteiger charge is -2.19. The molecule has 0 heterocycles. The van der Waals surface area contributed by atoms with E-state index in [9.17, 15) is 9.90 Å². The lowest BCUT2D eigenvalue weighted by Crippen LogP contribution is -2.25. The van der Waals surface area contributed by atoms with Crippen LogP contribution in [0.25, 0.3) is 5.57 Å². The third-order valence-corrected chi connectivity index (χ3v) is 3.58. The number of allylic oxidation sites excluding steroid dienone is 1. The number of rotatable bonds is 10. The molecular formula is C20H29NO3. The third kappa shape index (κ3) is 6.59. The van der Waals surface area contributed by atoms with Crippen LogP contribution in [-0.2, 0) is 0 Å². The average molecular weight is 331 g/mol. The van der Waals surface area contributed by atoms with Crippen molar-refractivity contribution in [3.63, 3.8) is 0 Å². The first kappa shape index (κ1) is 20.0. The second kappa shape index (κ2) is 9.93. The van der Waals surface area contributed by atoms with Crippen molar-refractivity contribution in [2.75, 3.05) is 13.2 Å². The first-order valence-corrected chi connectivity index (χ1v) is 8.38. The highest BCUT2D eigenvalue weighted by atomic mass is 16.5. The summed E-state index contributed by atoms with van der Waals surface area (Å²) in [6.07, 6.45) is 2.33. The summed E-state index contributed by atoms with van der Waals surface area (Å²) < 4.78 is 6.00. The predicted octanol–water partition coefficient (Wildman–Crippen LogP) is 3.96. The Balaban J connectivity index is 3.04.